The van der Waals surface area contributed by atoms with Crippen LogP contribution in [-0.2, 0) is 9.59 Å². The Bertz CT molecular complexity index is 282. The number of carboxylic acid groups (broad SMARTS) is 1. The summed E-state index contributed by atoms with van der Waals surface area (Å²) in [4.78, 5) is 24.8. The first-order chi connectivity index (χ1) is 7.97. The van der Waals surface area contributed by atoms with Gasteiger partial charge >= 0.3 is 5.97 Å². The maximum Gasteiger partial charge on any atom is 0.307 e. The van der Waals surface area contributed by atoms with Crippen molar-refractivity contribution in [2.75, 3.05) is 13.1 Å². The van der Waals surface area contributed by atoms with Crippen molar-refractivity contribution in [3.8, 4) is 0 Å². The van der Waals surface area contributed by atoms with E-state index in [1.807, 2.05) is 4.90 Å². The molecule has 1 saturated heterocycles. The number of hydrogen-bond donors (Lipinski definition) is 1. The standard InChI is InChI=1S/C13H23NO3/c1-4-11-5-7-14(8-6-11)12(15)9(2)10(3)13(16)17/h9-11H,4-8H2,1-3H3,(H,16,17). The van der Waals surface area contributed by atoms with Gasteiger partial charge in [0.15, 0.2) is 0 Å². The van der Waals surface area contributed by atoms with E-state index in [-0.39, 0.29) is 5.91 Å². The van der Waals surface area contributed by atoms with Crippen LogP contribution < -0.4 is 0 Å². The molecule has 98 valence electrons. The fourth-order valence-corrected chi connectivity index (χ4v) is 2.28. The maximum atomic E-state index is 12.1. The Hall–Kier alpha value is -1.06. The molecule has 0 aromatic carbocycles. The Morgan fingerprint density at radius 3 is 2.18 bits per heavy atom. The summed E-state index contributed by atoms with van der Waals surface area (Å²) in [5.74, 6) is -1.20. The van der Waals surface area contributed by atoms with Crippen molar-refractivity contribution >= 4 is 11.9 Å². The molecule has 2 atom stereocenters. The summed E-state index contributed by atoms with van der Waals surface area (Å²) >= 11 is 0. The number of rotatable bonds is 4. The summed E-state index contributed by atoms with van der Waals surface area (Å²) in [6, 6.07) is 0. The Balaban J connectivity index is 2.51. The molecule has 0 radical (unpaired) electrons. The lowest BCUT2D eigenvalue weighted by atomic mass is 9.91. The summed E-state index contributed by atoms with van der Waals surface area (Å²) in [7, 11) is 0. The number of nitrogens with zero attached hydrogens (tertiary/aromatic N) is 1. The molecule has 0 saturated carbocycles. The normalized spacial score (nSPS) is 21.0. The molecule has 1 fully saturated rings. The summed E-state index contributed by atoms with van der Waals surface area (Å²) in [5.41, 5.74) is 0. The fourth-order valence-electron chi connectivity index (χ4n) is 2.28. The van der Waals surface area contributed by atoms with E-state index in [1.165, 1.54) is 6.42 Å². The van der Waals surface area contributed by atoms with Crippen LogP contribution in [0.1, 0.15) is 40.0 Å². The summed E-state index contributed by atoms with van der Waals surface area (Å²) in [6.07, 6.45) is 3.27. The van der Waals surface area contributed by atoms with E-state index in [2.05, 4.69) is 6.92 Å². The van der Waals surface area contributed by atoms with Crippen molar-refractivity contribution in [2.24, 2.45) is 17.8 Å². The van der Waals surface area contributed by atoms with Gasteiger partial charge in [-0.1, -0.05) is 27.2 Å². The Kier molecular flexibility index (Phi) is 4.97. The summed E-state index contributed by atoms with van der Waals surface area (Å²) < 4.78 is 0. The molecule has 1 aliphatic rings. The maximum absolute atomic E-state index is 12.1. The van der Waals surface area contributed by atoms with E-state index < -0.39 is 17.8 Å². The minimum Gasteiger partial charge on any atom is -0.481 e. The molecule has 4 heteroatoms. The third-order valence-electron chi connectivity index (χ3n) is 4.03. The number of carbonyl (C=O) groups excluding carboxylic acids is 1. The number of amides is 1. The number of piperidine rings is 1. The molecule has 4 nitrogen and oxygen atoms in total. The molecule has 1 rings (SSSR count). The summed E-state index contributed by atoms with van der Waals surface area (Å²) in [5, 5.41) is 8.91. The number of carboxylic acids is 1. The number of likely N-dealkylation sites (tertiary alicyclic amines) is 1. The molecular weight excluding hydrogens is 218 g/mol. The Labute approximate surface area is 103 Å². The van der Waals surface area contributed by atoms with Gasteiger partial charge in [0.25, 0.3) is 0 Å². The molecule has 1 heterocycles. The van der Waals surface area contributed by atoms with Crippen molar-refractivity contribution in [2.45, 2.75) is 40.0 Å². The SMILES string of the molecule is CCC1CCN(C(=O)C(C)C(C)C(=O)O)CC1. The van der Waals surface area contributed by atoms with E-state index in [9.17, 15) is 9.59 Å². The quantitative estimate of drug-likeness (QED) is 0.819. The van der Waals surface area contributed by atoms with Gasteiger partial charge in [-0.05, 0) is 18.8 Å². The van der Waals surface area contributed by atoms with Crippen molar-refractivity contribution < 1.29 is 14.7 Å². The lowest BCUT2D eigenvalue weighted by molar-refractivity contribution is -0.149. The van der Waals surface area contributed by atoms with Crippen LogP contribution in [0, 0.1) is 17.8 Å². The number of hydrogen-bond acceptors (Lipinski definition) is 2. The highest BCUT2D eigenvalue weighted by Gasteiger charge is 2.31. The lowest BCUT2D eigenvalue weighted by Gasteiger charge is -2.34. The molecule has 0 bridgehead atoms. The Morgan fingerprint density at radius 1 is 1.24 bits per heavy atom. The van der Waals surface area contributed by atoms with Gasteiger partial charge in [-0.15, -0.1) is 0 Å². The van der Waals surface area contributed by atoms with Crippen LogP contribution in [-0.4, -0.2) is 35.0 Å². The molecule has 1 amide bonds. The van der Waals surface area contributed by atoms with Crippen LogP contribution >= 0.6 is 0 Å². The lowest BCUT2D eigenvalue weighted by Crippen LogP contribution is -2.43. The topological polar surface area (TPSA) is 57.6 Å². The third-order valence-corrected chi connectivity index (χ3v) is 4.03. The van der Waals surface area contributed by atoms with E-state index >= 15 is 0 Å². The average Bonchev–Trinajstić information content (AvgIpc) is 2.36. The molecule has 0 aromatic heterocycles. The zero-order chi connectivity index (χ0) is 13.0. The van der Waals surface area contributed by atoms with Gasteiger partial charge in [-0.3, -0.25) is 9.59 Å². The van der Waals surface area contributed by atoms with Crippen molar-refractivity contribution in [1.82, 2.24) is 4.90 Å². The Morgan fingerprint density at radius 2 is 1.76 bits per heavy atom. The second kappa shape index (κ2) is 6.03. The van der Waals surface area contributed by atoms with E-state index in [0.29, 0.717) is 0 Å². The second-order valence-electron chi connectivity index (χ2n) is 5.09. The zero-order valence-electron chi connectivity index (χ0n) is 11.0. The first-order valence-electron chi connectivity index (χ1n) is 6.49. The van der Waals surface area contributed by atoms with Gasteiger partial charge in [-0.25, -0.2) is 0 Å². The van der Waals surface area contributed by atoms with Crippen molar-refractivity contribution in [3.05, 3.63) is 0 Å². The minimum absolute atomic E-state index is 0.00514. The van der Waals surface area contributed by atoms with E-state index in [1.54, 1.807) is 13.8 Å². The van der Waals surface area contributed by atoms with Gasteiger partial charge in [0, 0.05) is 19.0 Å². The van der Waals surface area contributed by atoms with Crippen LogP contribution in [0.15, 0.2) is 0 Å². The van der Waals surface area contributed by atoms with Crippen molar-refractivity contribution in [1.29, 1.82) is 0 Å². The van der Waals surface area contributed by atoms with Crippen LogP contribution in [0.2, 0.25) is 0 Å². The van der Waals surface area contributed by atoms with Gasteiger partial charge in [0.05, 0.1) is 5.92 Å². The van der Waals surface area contributed by atoms with Gasteiger partial charge in [-0.2, -0.15) is 0 Å². The predicted molar refractivity (Wildman–Crippen MR) is 65.6 cm³/mol. The highest BCUT2D eigenvalue weighted by molar-refractivity contribution is 5.84. The largest absolute Gasteiger partial charge is 0.481 e. The van der Waals surface area contributed by atoms with Crippen LogP contribution in [0.4, 0.5) is 0 Å². The zero-order valence-corrected chi connectivity index (χ0v) is 11.0. The first-order valence-corrected chi connectivity index (χ1v) is 6.49. The van der Waals surface area contributed by atoms with E-state index in [0.717, 1.165) is 31.8 Å². The smallest absolute Gasteiger partial charge is 0.307 e. The van der Waals surface area contributed by atoms with Gasteiger partial charge in [0.2, 0.25) is 5.91 Å². The molecule has 1 aliphatic heterocycles. The predicted octanol–water partition coefficient (Wildman–Crippen LogP) is 1.99. The molecule has 0 aromatic rings. The van der Waals surface area contributed by atoms with E-state index in [4.69, 9.17) is 5.11 Å². The van der Waals surface area contributed by atoms with Crippen LogP contribution in [0.25, 0.3) is 0 Å². The van der Waals surface area contributed by atoms with Crippen molar-refractivity contribution in [3.63, 3.8) is 0 Å². The van der Waals surface area contributed by atoms with Gasteiger partial charge < -0.3 is 10.0 Å². The molecule has 2 unspecified atom stereocenters. The fraction of sp³-hybridized carbons (Fsp3) is 0.846. The van der Waals surface area contributed by atoms with Gasteiger partial charge in [0.1, 0.15) is 0 Å². The molecule has 0 aliphatic carbocycles. The minimum atomic E-state index is -0.894. The average molecular weight is 241 g/mol. The van der Waals surface area contributed by atoms with Crippen LogP contribution in [0.3, 0.4) is 0 Å². The summed E-state index contributed by atoms with van der Waals surface area (Å²) in [6.45, 7) is 7.07. The monoisotopic (exact) mass is 241 g/mol. The highest BCUT2D eigenvalue weighted by atomic mass is 16.4. The number of carbonyl (C=O) groups is 2. The second-order valence-corrected chi connectivity index (χ2v) is 5.09. The third kappa shape index (κ3) is 3.45. The molecular formula is C13H23NO3. The molecule has 0 spiro atoms. The first kappa shape index (κ1) is 14.0. The molecule has 17 heavy (non-hydrogen) atoms. The molecule has 1 N–H and O–H groups in total. The highest BCUT2D eigenvalue weighted by Crippen LogP contribution is 2.23. The van der Waals surface area contributed by atoms with Crippen LogP contribution in [0.5, 0.6) is 0 Å². The number of aliphatic carboxylic acids is 1.